The lowest BCUT2D eigenvalue weighted by Crippen LogP contribution is -1.86. The van der Waals surface area contributed by atoms with Crippen molar-refractivity contribution in [2.45, 2.75) is 0 Å². The molecule has 86 valence electrons. The van der Waals surface area contributed by atoms with E-state index in [2.05, 4.69) is 6.58 Å². The highest BCUT2D eigenvalue weighted by atomic mass is 16.3. The zero-order valence-electron chi connectivity index (χ0n) is 9.09. The predicted molar refractivity (Wildman–Crippen MR) is 66.0 cm³/mol. The minimum Gasteiger partial charge on any atom is -0.508 e. The molecule has 17 heavy (non-hydrogen) atoms. The molecule has 3 heteroatoms. The van der Waals surface area contributed by atoms with E-state index in [-0.39, 0.29) is 17.2 Å². The van der Waals surface area contributed by atoms with Crippen LogP contribution in [0, 0.1) is 0 Å². The van der Waals surface area contributed by atoms with Gasteiger partial charge < -0.3 is 15.3 Å². The number of benzene rings is 2. The predicted octanol–water partition coefficient (Wildman–Crippen LogP) is 2.86. The second-order valence-corrected chi connectivity index (χ2v) is 3.73. The van der Waals surface area contributed by atoms with Gasteiger partial charge in [0, 0.05) is 11.6 Å². The Labute approximate surface area is 98.9 Å². The summed E-state index contributed by atoms with van der Waals surface area (Å²) < 4.78 is 0. The van der Waals surface area contributed by atoms with E-state index in [0.29, 0.717) is 11.1 Å². The standard InChI is InChI=1S/C14H12O3/c1-9(10-2-4-11(15)5-3-10)13-7-6-12(16)8-14(13)17/h2-8,15-17H,1H2. The largest absolute Gasteiger partial charge is 0.508 e. The highest BCUT2D eigenvalue weighted by Crippen LogP contribution is 2.31. The van der Waals surface area contributed by atoms with E-state index >= 15 is 0 Å². The Morgan fingerprint density at radius 3 is 2.00 bits per heavy atom. The summed E-state index contributed by atoms with van der Waals surface area (Å²) in [5, 5.41) is 28.1. The zero-order chi connectivity index (χ0) is 12.4. The normalized spacial score (nSPS) is 10.1. The summed E-state index contributed by atoms with van der Waals surface area (Å²) in [4.78, 5) is 0. The number of phenolic OH excluding ortho intramolecular Hbond substituents is 3. The molecule has 0 aromatic heterocycles. The summed E-state index contributed by atoms with van der Waals surface area (Å²) >= 11 is 0. The Kier molecular flexibility index (Phi) is 2.75. The van der Waals surface area contributed by atoms with Crippen molar-refractivity contribution in [1.29, 1.82) is 0 Å². The minimum atomic E-state index is -0.0249. The summed E-state index contributed by atoms with van der Waals surface area (Å²) in [7, 11) is 0. The molecule has 0 fully saturated rings. The lowest BCUT2D eigenvalue weighted by atomic mass is 9.98. The molecule has 3 N–H and O–H groups in total. The van der Waals surface area contributed by atoms with Crippen LogP contribution in [-0.4, -0.2) is 15.3 Å². The SMILES string of the molecule is C=C(c1ccc(O)cc1)c1ccc(O)cc1O. The lowest BCUT2D eigenvalue weighted by molar-refractivity contribution is 0.449. The van der Waals surface area contributed by atoms with Crippen molar-refractivity contribution in [3.8, 4) is 17.2 Å². The lowest BCUT2D eigenvalue weighted by Gasteiger charge is -2.08. The van der Waals surface area contributed by atoms with Crippen molar-refractivity contribution in [2.75, 3.05) is 0 Å². The molecule has 0 aliphatic heterocycles. The zero-order valence-corrected chi connectivity index (χ0v) is 9.09. The van der Waals surface area contributed by atoms with Crippen molar-refractivity contribution in [3.05, 3.63) is 60.2 Å². The van der Waals surface area contributed by atoms with Crippen LogP contribution < -0.4 is 0 Å². The molecule has 0 aliphatic rings. The fraction of sp³-hybridized carbons (Fsp3) is 0. The second kappa shape index (κ2) is 4.22. The van der Waals surface area contributed by atoms with Gasteiger partial charge in [0.05, 0.1) is 0 Å². The summed E-state index contributed by atoms with van der Waals surface area (Å²) in [6.07, 6.45) is 0. The molecular formula is C14H12O3. The molecule has 2 aromatic carbocycles. The molecule has 0 heterocycles. The van der Waals surface area contributed by atoms with Crippen molar-refractivity contribution >= 4 is 5.57 Å². The van der Waals surface area contributed by atoms with Gasteiger partial charge in [-0.2, -0.15) is 0 Å². The summed E-state index contributed by atoms with van der Waals surface area (Å²) in [6, 6.07) is 10.9. The Balaban J connectivity index is 2.40. The van der Waals surface area contributed by atoms with Crippen LogP contribution in [0.1, 0.15) is 11.1 Å². The highest BCUT2D eigenvalue weighted by Gasteiger charge is 2.08. The van der Waals surface area contributed by atoms with E-state index in [9.17, 15) is 15.3 Å². The molecule has 2 aromatic rings. The average Bonchev–Trinajstić information content (AvgIpc) is 2.29. The van der Waals surface area contributed by atoms with Crippen molar-refractivity contribution in [1.82, 2.24) is 0 Å². The van der Waals surface area contributed by atoms with Gasteiger partial charge in [0.2, 0.25) is 0 Å². The van der Waals surface area contributed by atoms with Gasteiger partial charge in [0.25, 0.3) is 0 Å². The summed E-state index contributed by atoms with van der Waals surface area (Å²) in [5.74, 6) is 0.157. The van der Waals surface area contributed by atoms with Crippen LogP contribution in [0.15, 0.2) is 49.0 Å². The second-order valence-electron chi connectivity index (χ2n) is 3.73. The summed E-state index contributed by atoms with van der Waals surface area (Å²) in [5.41, 5.74) is 1.97. The smallest absolute Gasteiger partial charge is 0.127 e. The number of phenols is 3. The number of rotatable bonds is 2. The molecule has 0 atom stereocenters. The van der Waals surface area contributed by atoms with Gasteiger partial charge in [-0.05, 0) is 35.4 Å². The fourth-order valence-corrected chi connectivity index (χ4v) is 1.59. The van der Waals surface area contributed by atoms with Gasteiger partial charge >= 0.3 is 0 Å². The first-order chi connectivity index (χ1) is 8.08. The maximum absolute atomic E-state index is 9.71. The van der Waals surface area contributed by atoms with Crippen molar-refractivity contribution < 1.29 is 15.3 Å². The molecule has 0 amide bonds. The van der Waals surface area contributed by atoms with Gasteiger partial charge in [-0.1, -0.05) is 18.7 Å². The van der Waals surface area contributed by atoms with Gasteiger partial charge in [0.1, 0.15) is 17.2 Å². The third-order valence-electron chi connectivity index (χ3n) is 2.52. The first kappa shape index (κ1) is 11.1. The quantitative estimate of drug-likeness (QED) is 0.740. The van der Waals surface area contributed by atoms with E-state index in [4.69, 9.17) is 0 Å². The fourth-order valence-electron chi connectivity index (χ4n) is 1.59. The maximum atomic E-state index is 9.71. The highest BCUT2D eigenvalue weighted by molar-refractivity contribution is 5.81. The van der Waals surface area contributed by atoms with Gasteiger partial charge in [-0.3, -0.25) is 0 Å². The van der Waals surface area contributed by atoms with Crippen LogP contribution in [0.3, 0.4) is 0 Å². The third-order valence-corrected chi connectivity index (χ3v) is 2.52. The number of hydrogen-bond donors (Lipinski definition) is 3. The van der Waals surface area contributed by atoms with Crippen molar-refractivity contribution in [2.24, 2.45) is 0 Å². The van der Waals surface area contributed by atoms with Crippen LogP contribution in [0.25, 0.3) is 5.57 Å². The summed E-state index contributed by atoms with van der Waals surface area (Å²) in [6.45, 7) is 3.89. The Morgan fingerprint density at radius 2 is 1.41 bits per heavy atom. The average molecular weight is 228 g/mol. The molecular weight excluding hydrogens is 216 g/mol. The van der Waals surface area contributed by atoms with Crippen molar-refractivity contribution in [3.63, 3.8) is 0 Å². The van der Waals surface area contributed by atoms with Gasteiger partial charge in [0.15, 0.2) is 0 Å². The molecule has 0 spiro atoms. The van der Waals surface area contributed by atoms with Crippen LogP contribution in [0.4, 0.5) is 0 Å². The first-order valence-electron chi connectivity index (χ1n) is 5.08. The molecule has 0 saturated heterocycles. The monoisotopic (exact) mass is 228 g/mol. The number of hydrogen-bond acceptors (Lipinski definition) is 3. The van der Waals surface area contributed by atoms with E-state index in [0.717, 1.165) is 5.56 Å². The maximum Gasteiger partial charge on any atom is 0.127 e. The van der Waals surface area contributed by atoms with Gasteiger partial charge in [-0.15, -0.1) is 0 Å². The molecule has 2 rings (SSSR count). The third kappa shape index (κ3) is 2.23. The van der Waals surface area contributed by atoms with Crippen LogP contribution in [0.2, 0.25) is 0 Å². The topological polar surface area (TPSA) is 60.7 Å². The molecule has 0 unspecified atom stereocenters. The van der Waals surface area contributed by atoms with Crippen LogP contribution in [0.5, 0.6) is 17.2 Å². The van der Waals surface area contributed by atoms with Gasteiger partial charge in [-0.25, -0.2) is 0 Å². The van der Waals surface area contributed by atoms with Crippen LogP contribution in [-0.2, 0) is 0 Å². The van der Waals surface area contributed by atoms with Crippen LogP contribution >= 0.6 is 0 Å². The van der Waals surface area contributed by atoms with E-state index in [1.54, 1.807) is 30.3 Å². The Hall–Kier alpha value is -2.42. The van der Waals surface area contributed by atoms with E-state index < -0.39 is 0 Å². The first-order valence-corrected chi connectivity index (χ1v) is 5.08. The van der Waals surface area contributed by atoms with E-state index in [1.165, 1.54) is 12.1 Å². The minimum absolute atomic E-state index is 0.00440. The van der Waals surface area contributed by atoms with E-state index in [1.807, 2.05) is 0 Å². The molecule has 0 saturated carbocycles. The molecule has 0 aliphatic carbocycles. The number of aromatic hydroxyl groups is 3. The molecule has 0 bridgehead atoms. The Bertz CT molecular complexity index is 556. The Morgan fingerprint density at radius 1 is 0.824 bits per heavy atom. The molecule has 3 nitrogen and oxygen atoms in total. The molecule has 0 radical (unpaired) electrons.